The van der Waals surface area contributed by atoms with Crippen LogP contribution in [-0.4, -0.2) is 36.4 Å². The van der Waals surface area contributed by atoms with Gasteiger partial charge in [0.2, 0.25) is 10.0 Å². The van der Waals surface area contributed by atoms with Gasteiger partial charge in [-0.2, -0.15) is 4.31 Å². The Labute approximate surface area is 114 Å². The minimum atomic E-state index is -4.29. The van der Waals surface area contributed by atoms with E-state index >= 15 is 0 Å². The number of hydrogen-bond acceptors (Lipinski definition) is 3. The summed E-state index contributed by atoms with van der Waals surface area (Å²) in [6.45, 7) is 1.32. The lowest BCUT2D eigenvalue weighted by molar-refractivity contribution is -0.140. The van der Waals surface area contributed by atoms with Crippen LogP contribution in [0.15, 0.2) is 17.0 Å². The van der Waals surface area contributed by atoms with Crippen LogP contribution in [-0.2, 0) is 14.8 Å². The molecule has 20 heavy (non-hydrogen) atoms. The molecule has 5 nitrogen and oxygen atoms in total. The average Bonchev–Trinajstić information content (AvgIpc) is 2.83. The van der Waals surface area contributed by atoms with Gasteiger partial charge in [0.25, 0.3) is 0 Å². The molecule has 1 N–H and O–H groups in total. The van der Waals surface area contributed by atoms with E-state index in [4.69, 9.17) is 5.11 Å². The molecule has 0 radical (unpaired) electrons. The number of benzene rings is 1. The number of aliphatic carboxylic acids is 1. The summed E-state index contributed by atoms with van der Waals surface area (Å²) in [7, 11) is -4.29. The number of carboxylic acid groups (broad SMARTS) is 1. The quantitative estimate of drug-likeness (QED) is 0.918. The molecule has 1 aliphatic rings. The summed E-state index contributed by atoms with van der Waals surface area (Å²) in [5.41, 5.74) is -0.0175. The van der Waals surface area contributed by atoms with E-state index < -0.39 is 38.6 Å². The summed E-state index contributed by atoms with van der Waals surface area (Å²) in [4.78, 5) is 10.3. The van der Waals surface area contributed by atoms with Crippen molar-refractivity contribution < 1.29 is 27.1 Å². The van der Waals surface area contributed by atoms with Gasteiger partial charge >= 0.3 is 5.97 Å². The van der Waals surface area contributed by atoms with Gasteiger partial charge in [0.1, 0.15) is 22.6 Å². The maximum absolute atomic E-state index is 13.7. The Morgan fingerprint density at radius 3 is 2.60 bits per heavy atom. The van der Waals surface area contributed by atoms with Gasteiger partial charge in [-0.15, -0.1) is 0 Å². The Morgan fingerprint density at radius 2 is 2.00 bits per heavy atom. The van der Waals surface area contributed by atoms with Gasteiger partial charge < -0.3 is 5.11 Å². The molecule has 0 amide bonds. The Kier molecular flexibility index (Phi) is 3.79. The van der Waals surface area contributed by atoms with Gasteiger partial charge in [-0.1, -0.05) is 0 Å². The molecule has 0 aromatic heterocycles. The van der Waals surface area contributed by atoms with E-state index in [0.717, 1.165) is 10.4 Å². The fraction of sp³-hybridized carbons (Fsp3) is 0.417. The van der Waals surface area contributed by atoms with E-state index in [-0.39, 0.29) is 18.5 Å². The first-order valence-electron chi connectivity index (χ1n) is 5.95. The van der Waals surface area contributed by atoms with Gasteiger partial charge in [0.15, 0.2) is 0 Å². The average molecular weight is 305 g/mol. The molecule has 1 atom stereocenters. The van der Waals surface area contributed by atoms with E-state index in [9.17, 15) is 22.0 Å². The number of carboxylic acids is 1. The lowest BCUT2D eigenvalue weighted by Crippen LogP contribution is -2.40. The van der Waals surface area contributed by atoms with Gasteiger partial charge in [-0.3, -0.25) is 4.79 Å². The number of aryl methyl sites for hydroxylation is 1. The number of nitrogens with zero attached hydrogens (tertiary/aromatic N) is 1. The standard InChI is InChI=1S/C12H13F2NO4S/c1-7-5-11(9(14)6-8(7)13)20(18,19)15-4-2-3-10(15)12(16)17/h5-6,10H,2-4H2,1H3,(H,16,17)/t10-/m0/s1. The van der Waals surface area contributed by atoms with E-state index in [2.05, 4.69) is 0 Å². The van der Waals surface area contributed by atoms with Gasteiger partial charge in [0.05, 0.1) is 0 Å². The molecule has 1 saturated heterocycles. The first-order valence-corrected chi connectivity index (χ1v) is 7.39. The van der Waals surface area contributed by atoms with Crippen LogP contribution in [0.4, 0.5) is 8.78 Å². The summed E-state index contributed by atoms with van der Waals surface area (Å²) in [5.74, 6) is -3.34. The second-order valence-electron chi connectivity index (χ2n) is 4.64. The van der Waals surface area contributed by atoms with E-state index in [1.54, 1.807) is 0 Å². The highest BCUT2D eigenvalue weighted by Crippen LogP contribution is 2.28. The molecule has 1 aromatic rings. The summed E-state index contributed by atoms with van der Waals surface area (Å²) in [6, 6.07) is 0.176. The fourth-order valence-corrected chi connectivity index (χ4v) is 4.01. The SMILES string of the molecule is Cc1cc(S(=O)(=O)N2CCC[C@H]2C(=O)O)c(F)cc1F. The molecular weight excluding hydrogens is 292 g/mol. The Bertz CT molecular complexity index is 660. The topological polar surface area (TPSA) is 74.7 Å². The molecule has 0 unspecified atom stereocenters. The lowest BCUT2D eigenvalue weighted by atomic mass is 10.2. The van der Waals surface area contributed by atoms with Crippen LogP contribution in [0.2, 0.25) is 0 Å². The van der Waals surface area contributed by atoms with Crippen LogP contribution in [0.1, 0.15) is 18.4 Å². The van der Waals surface area contributed by atoms with Crippen molar-refractivity contribution in [3.63, 3.8) is 0 Å². The maximum atomic E-state index is 13.7. The number of halogens is 2. The van der Waals surface area contributed by atoms with Gasteiger partial charge in [0, 0.05) is 12.6 Å². The third-order valence-corrected chi connectivity index (χ3v) is 5.21. The van der Waals surface area contributed by atoms with Crippen LogP contribution in [0, 0.1) is 18.6 Å². The zero-order valence-corrected chi connectivity index (χ0v) is 11.5. The predicted octanol–water partition coefficient (Wildman–Crippen LogP) is 1.51. The summed E-state index contributed by atoms with van der Waals surface area (Å²) >= 11 is 0. The summed E-state index contributed by atoms with van der Waals surface area (Å²) in [5, 5.41) is 9.00. The molecule has 1 aliphatic heterocycles. The Balaban J connectivity index is 2.50. The first-order chi connectivity index (χ1) is 9.25. The molecule has 2 rings (SSSR count). The molecule has 8 heteroatoms. The molecule has 0 bridgehead atoms. The molecule has 0 spiro atoms. The van der Waals surface area contributed by atoms with Gasteiger partial charge in [-0.25, -0.2) is 17.2 Å². The van der Waals surface area contributed by atoms with E-state index in [1.165, 1.54) is 6.92 Å². The minimum absolute atomic E-state index is 0.00909. The van der Waals surface area contributed by atoms with Crippen LogP contribution >= 0.6 is 0 Å². The molecule has 1 aromatic carbocycles. The molecule has 1 fully saturated rings. The van der Waals surface area contributed by atoms with E-state index in [0.29, 0.717) is 12.5 Å². The first kappa shape index (κ1) is 14.9. The van der Waals surface area contributed by atoms with Crippen molar-refractivity contribution in [2.45, 2.75) is 30.7 Å². The molecular formula is C12H13F2NO4S. The van der Waals surface area contributed by atoms with Crippen molar-refractivity contribution in [1.82, 2.24) is 4.31 Å². The number of hydrogen-bond donors (Lipinski definition) is 1. The van der Waals surface area contributed by atoms with Crippen molar-refractivity contribution in [3.8, 4) is 0 Å². The smallest absolute Gasteiger partial charge is 0.322 e. The minimum Gasteiger partial charge on any atom is -0.480 e. The van der Waals surface area contributed by atoms with E-state index in [1.807, 2.05) is 0 Å². The van der Waals surface area contributed by atoms with Gasteiger partial charge in [-0.05, 0) is 31.4 Å². The summed E-state index contributed by atoms with van der Waals surface area (Å²) in [6.07, 6.45) is 0.564. The van der Waals surface area contributed by atoms with Crippen molar-refractivity contribution in [3.05, 3.63) is 29.3 Å². The highest BCUT2D eigenvalue weighted by atomic mass is 32.2. The molecule has 1 heterocycles. The van der Waals surface area contributed by atoms with Crippen LogP contribution in [0.25, 0.3) is 0 Å². The second-order valence-corrected chi connectivity index (χ2v) is 6.50. The zero-order valence-electron chi connectivity index (χ0n) is 10.6. The Morgan fingerprint density at radius 1 is 1.35 bits per heavy atom. The number of carbonyl (C=O) groups is 1. The molecule has 0 aliphatic carbocycles. The van der Waals surface area contributed by atoms with Crippen LogP contribution in [0.3, 0.4) is 0 Å². The van der Waals surface area contributed by atoms with Crippen LogP contribution in [0.5, 0.6) is 0 Å². The van der Waals surface area contributed by atoms with Crippen molar-refractivity contribution in [2.75, 3.05) is 6.54 Å². The lowest BCUT2D eigenvalue weighted by Gasteiger charge is -2.21. The third-order valence-electron chi connectivity index (χ3n) is 3.29. The molecule has 0 saturated carbocycles. The highest BCUT2D eigenvalue weighted by Gasteiger charge is 2.40. The molecule has 110 valence electrons. The zero-order chi connectivity index (χ0) is 15.1. The van der Waals surface area contributed by atoms with Crippen molar-refractivity contribution in [2.24, 2.45) is 0 Å². The third kappa shape index (κ3) is 2.40. The number of rotatable bonds is 3. The Hall–Kier alpha value is -1.54. The maximum Gasteiger partial charge on any atom is 0.322 e. The van der Waals surface area contributed by atoms with Crippen molar-refractivity contribution in [1.29, 1.82) is 0 Å². The highest BCUT2D eigenvalue weighted by molar-refractivity contribution is 7.89. The monoisotopic (exact) mass is 305 g/mol. The predicted molar refractivity (Wildman–Crippen MR) is 65.6 cm³/mol. The fourth-order valence-electron chi connectivity index (χ4n) is 2.23. The number of sulfonamides is 1. The largest absolute Gasteiger partial charge is 0.480 e. The van der Waals surface area contributed by atoms with Crippen molar-refractivity contribution >= 4 is 16.0 Å². The van der Waals surface area contributed by atoms with Crippen LogP contribution < -0.4 is 0 Å². The normalized spacial score (nSPS) is 20.2. The summed E-state index contributed by atoms with van der Waals surface area (Å²) < 4.78 is 52.3. The second kappa shape index (κ2) is 5.10.